The molecular weight excluding hydrogens is 308 g/mol. The Morgan fingerprint density at radius 1 is 1.43 bits per heavy atom. The van der Waals surface area contributed by atoms with Crippen molar-refractivity contribution < 1.29 is 4.74 Å². The van der Waals surface area contributed by atoms with Crippen molar-refractivity contribution >= 4 is 23.4 Å². The number of rotatable bonds is 7. The average Bonchev–Trinajstić information content (AvgIpc) is 3.06. The number of benzene rings is 1. The number of guanidine groups is 1. The summed E-state index contributed by atoms with van der Waals surface area (Å²) in [7, 11) is 3.56. The molecule has 2 N–H and O–H groups in total. The van der Waals surface area contributed by atoms with Gasteiger partial charge in [0.2, 0.25) is 0 Å². The lowest BCUT2D eigenvalue weighted by molar-refractivity contribution is 0.415. The van der Waals surface area contributed by atoms with E-state index in [4.69, 9.17) is 4.74 Å². The Labute approximate surface area is 143 Å². The topological polar surface area (TPSA) is 48.9 Å². The van der Waals surface area contributed by atoms with E-state index in [1.54, 1.807) is 7.11 Å². The number of para-hydroxylation sites is 2. The molecule has 0 amide bonds. The van der Waals surface area contributed by atoms with Crippen LogP contribution in [-0.4, -0.2) is 57.8 Å². The lowest BCUT2D eigenvalue weighted by Crippen LogP contribution is -2.45. The third kappa shape index (κ3) is 5.23. The normalized spacial score (nSPS) is 18.1. The SMILES string of the molecule is CN=C(NCCCSC)NC1CCN(c2ccccc2OC)C1. The highest BCUT2D eigenvalue weighted by Gasteiger charge is 2.25. The van der Waals surface area contributed by atoms with Crippen LogP contribution in [0.5, 0.6) is 5.75 Å². The monoisotopic (exact) mass is 336 g/mol. The number of anilines is 1. The molecule has 0 saturated carbocycles. The van der Waals surface area contributed by atoms with Crippen LogP contribution in [0, 0.1) is 0 Å². The first-order chi connectivity index (χ1) is 11.3. The summed E-state index contributed by atoms with van der Waals surface area (Å²) in [6.07, 6.45) is 4.39. The van der Waals surface area contributed by atoms with Crippen molar-refractivity contribution in [2.75, 3.05) is 50.7 Å². The number of hydrogen-bond donors (Lipinski definition) is 2. The Morgan fingerprint density at radius 2 is 2.26 bits per heavy atom. The van der Waals surface area contributed by atoms with Crippen LogP contribution in [0.3, 0.4) is 0 Å². The van der Waals surface area contributed by atoms with Crippen LogP contribution in [-0.2, 0) is 0 Å². The first-order valence-corrected chi connectivity index (χ1v) is 9.52. The minimum atomic E-state index is 0.409. The van der Waals surface area contributed by atoms with Gasteiger partial charge in [0.25, 0.3) is 0 Å². The number of methoxy groups -OCH3 is 1. The van der Waals surface area contributed by atoms with E-state index in [1.165, 1.54) is 11.4 Å². The van der Waals surface area contributed by atoms with Gasteiger partial charge >= 0.3 is 0 Å². The summed E-state index contributed by atoms with van der Waals surface area (Å²) in [5, 5.41) is 6.92. The van der Waals surface area contributed by atoms with E-state index in [2.05, 4.69) is 38.9 Å². The van der Waals surface area contributed by atoms with Gasteiger partial charge in [-0.2, -0.15) is 11.8 Å². The number of thioether (sulfide) groups is 1. The van der Waals surface area contributed by atoms with Gasteiger partial charge in [-0.15, -0.1) is 0 Å². The van der Waals surface area contributed by atoms with Crippen molar-refractivity contribution in [2.24, 2.45) is 4.99 Å². The summed E-state index contributed by atoms with van der Waals surface area (Å²) in [6.45, 7) is 2.96. The standard InChI is InChI=1S/C17H28N4OS/c1-18-17(19-10-6-12-23-3)20-14-9-11-21(13-14)15-7-4-5-8-16(15)22-2/h4-5,7-8,14H,6,9-13H2,1-3H3,(H2,18,19,20). The van der Waals surface area contributed by atoms with Gasteiger partial charge in [-0.3, -0.25) is 4.99 Å². The summed E-state index contributed by atoms with van der Waals surface area (Å²) in [5.74, 6) is 3.01. The van der Waals surface area contributed by atoms with Crippen LogP contribution >= 0.6 is 11.8 Å². The highest BCUT2D eigenvalue weighted by Crippen LogP contribution is 2.30. The van der Waals surface area contributed by atoms with Crippen LogP contribution in [0.1, 0.15) is 12.8 Å². The number of nitrogens with one attached hydrogen (secondary N) is 2. The predicted molar refractivity (Wildman–Crippen MR) is 101 cm³/mol. The molecular formula is C17H28N4OS. The number of ether oxygens (including phenoxy) is 1. The van der Waals surface area contributed by atoms with Crippen molar-refractivity contribution in [1.29, 1.82) is 0 Å². The molecule has 1 heterocycles. The minimum Gasteiger partial charge on any atom is -0.495 e. The second-order valence-corrected chi connectivity index (χ2v) is 6.58. The summed E-state index contributed by atoms with van der Waals surface area (Å²) in [4.78, 5) is 6.70. The average molecular weight is 337 g/mol. The Hall–Kier alpha value is -1.56. The third-order valence-corrected chi connectivity index (χ3v) is 4.69. The minimum absolute atomic E-state index is 0.409. The lowest BCUT2D eigenvalue weighted by atomic mass is 10.2. The van der Waals surface area contributed by atoms with Gasteiger partial charge in [-0.05, 0) is 37.0 Å². The van der Waals surface area contributed by atoms with Gasteiger partial charge in [0.1, 0.15) is 5.75 Å². The molecule has 128 valence electrons. The molecule has 1 unspecified atom stereocenters. The molecule has 0 spiro atoms. The Balaban J connectivity index is 1.84. The van der Waals surface area contributed by atoms with Crippen molar-refractivity contribution in [3.8, 4) is 5.75 Å². The highest BCUT2D eigenvalue weighted by molar-refractivity contribution is 7.98. The number of aliphatic imine (C=N–C) groups is 1. The second-order valence-electron chi connectivity index (χ2n) is 5.59. The molecule has 6 heteroatoms. The molecule has 0 aliphatic carbocycles. The van der Waals surface area contributed by atoms with E-state index < -0.39 is 0 Å². The largest absolute Gasteiger partial charge is 0.495 e. The number of nitrogens with zero attached hydrogens (tertiary/aromatic N) is 2. The van der Waals surface area contributed by atoms with Crippen LogP contribution in [0.15, 0.2) is 29.3 Å². The molecule has 0 radical (unpaired) electrons. The van der Waals surface area contributed by atoms with Gasteiger partial charge < -0.3 is 20.3 Å². The molecule has 1 aliphatic rings. The summed E-state index contributed by atoms with van der Waals surface area (Å²) in [5.41, 5.74) is 1.17. The third-order valence-electron chi connectivity index (χ3n) is 4.00. The Bertz CT molecular complexity index is 509. The molecule has 5 nitrogen and oxygen atoms in total. The molecule has 1 fully saturated rings. The zero-order valence-corrected chi connectivity index (χ0v) is 15.2. The van der Waals surface area contributed by atoms with E-state index in [-0.39, 0.29) is 0 Å². The fraction of sp³-hybridized carbons (Fsp3) is 0.588. The fourth-order valence-electron chi connectivity index (χ4n) is 2.80. The smallest absolute Gasteiger partial charge is 0.191 e. The molecule has 0 bridgehead atoms. The Morgan fingerprint density at radius 3 is 3.00 bits per heavy atom. The van der Waals surface area contributed by atoms with Gasteiger partial charge in [0.15, 0.2) is 5.96 Å². The van der Waals surface area contributed by atoms with Gasteiger partial charge in [0, 0.05) is 32.7 Å². The van der Waals surface area contributed by atoms with Crippen molar-refractivity contribution in [2.45, 2.75) is 18.9 Å². The van der Waals surface area contributed by atoms with Crippen molar-refractivity contribution in [1.82, 2.24) is 10.6 Å². The first kappa shape index (κ1) is 17.8. The van der Waals surface area contributed by atoms with Crippen molar-refractivity contribution in [3.05, 3.63) is 24.3 Å². The fourth-order valence-corrected chi connectivity index (χ4v) is 3.23. The molecule has 23 heavy (non-hydrogen) atoms. The van der Waals surface area contributed by atoms with Crippen LogP contribution in [0.4, 0.5) is 5.69 Å². The van der Waals surface area contributed by atoms with E-state index in [1.807, 2.05) is 30.9 Å². The van der Waals surface area contributed by atoms with E-state index in [0.29, 0.717) is 6.04 Å². The molecule has 2 rings (SSSR count). The number of hydrogen-bond acceptors (Lipinski definition) is 4. The van der Waals surface area contributed by atoms with Gasteiger partial charge in [0.05, 0.1) is 12.8 Å². The molecule has 1 aromatic rings. The zero-order valence-electron chi connectivity index (χ0n) is 14.3. The van der Waals surface area contributed by atoms with Gasteiger partial charge in [-0.25, -0.2) is 0 Å². The molecule has 1 saturated heterocycles. The summed E-state index contributed by atoms with van der Waals surface area (Å²) >= 11 is 1.88. The molecule has 0 aromatic heterocycles. The molecule has 1 atom stereocenters. The highest BCUT2D eigenvalue weighted by atomic mass is 32.2. The maximum absolute atomic E-state index is 5.47. The zero-order chi connectivity index (χ0) is 16.5. The Kier molecular flexibility index (Phi) is 7.39. The van der Waals surface area contributed by atoms with Crippen molar-refractivity contribution in [3.63, 3.8) is 0 Å². The maximum Gasteiger partial charge on any atom is 0.191 e. The lowest BCUT2D eigenvalue weighted by Gasteiger charge is -2.22. The van der Waals surface area contributed by atoms with Crippen LogP contribution in [0.2, 0.25) is 0 Å². The predicted octanol–water partition coefficient (Wildman–Crippen LogP) is 2.19. The summed E-state index contributed by atoms with van der Waals surface area (Å²) in [6, 6.07) is 8.62. The van der Waals surface area contributed by atoms with Crippen LogP contribution in [0.25, 0.3) is 0 Å². The molecule has 1 aliphatic heterocycles. The second kappa shape index (κ2) is 9.55. The summed E-state index contributed by atoms with van der Waals surface area (Å²) < 4.78 is 5.47. The quantitative estimate of drug-likeness (QED) is 0.454. The van der Waals surface area contributed by atoms with E-state index >= 15 is 0 Å². The first-order valence-electron chi connectivity index (χ1n) is 8.12. The van der Waals surface area contributed by atoms with Gasteiger partial charge in [-0.1, -0.05) is 12.1 Å². The van der Waals surface area contributed by atoms with E-state index in [9.17, 15) is 0 Å². The van der Waals surface area contributed by atoms with E-state index in [0.717, 1.165) is 44.2 Å². The van der Waals surface area contributed by atoms with Crippen LogP contribution < -0.4 is 20.3 Å². The molecule has 1 aromatic carbocycles. The maximum atomic E-state index is 5.47.